The summed E-state index contributed by atoms with van der Waals surface area (Å²) < 4.78 is 29.4. The Morgan fingerprint density at radius 3 is 2.13 bits per heavy atom. The Bertz CT molecular complexity index is 1310. The second-order valence-electron chi connectivity index (χ2n) is 9.02. The van der Waals surface area contributed by atoms with Gasteiger partial charge < -0.3 is 10.2 Å². The number of hydrogen-bond acceptors (Lipinski definition) is 4. The first kappa shape index (κ1) is 29.4. The molecular weight excluding hydrogens is 566 g/mol. The number of anilines is 1. The average molecular weight is 601 g/mol. The molecule has 0 aliphatic rings. The van der Waals surface area contributed by atoms with Gasteiger partial charge in [-0.3, -0.25) is 13.9 Å². The Kier molecular flexibility index (Phi) is 10.5. The minimum absolute atomic E-state index is 0.0773. The molecule has 0 radical (unpaired) electrons. The van der Waals surface area contributed by atoms with Gasteiger partial charge in [-0.05, 0) is 61.7 Å². The van der Waals surface area contributed by atoms with Crippen molar-refractivity contribution in [2.75, 3.05) is 17.4 Å². The molecule has 3 rings (SSSR count). The van der Waals surface area contributed by atoms with Gasteiger partial charge in [0, 0.05) is 17.6 Å². The van der Waals surface area contributed by atoms with Gasteiger partial charge in [0.1, 0.15) is 12.6 Å². The summed E-state index contributed by atoms with van der Waals surface area (Å²) in [4.78, 5) is 28.6. The van der Waals surface area contributed by atoms with Gasteiger partial charge in [-0.15, -0.1) is 0 Å². The molecule has 38 heavy (non-hydrogen) atoms. The maximum atomic E-state index is 14.0. The van der Waals surface area contributed by atoms with Gasteiger partial charge >= 0.3 is 0 Å². The highest BCUT2D eigenvalue weighted by atomic mass is 79.9. The van der Waals surface area contributed by atoms with E-state index in [1.54, 1.807) is 42.5 Å². The van der Waals surface area contributed by atoms with Crippen molar-refractivity contribution in [3.63, 3.8) is 0 Å². The van der Waals surface area contributed by atoms with Crippen molar-refractivity contribution in [3.05, 3.63) is 94.5 Å². The Hall–Kier alpha value is -3.17. The molecule has 0 aliphatic carbocycles. The number of rotatable bonds is 12. The molecule has 0 heterocycles. The number of hydrogen-bond donors (Lipinski definition) is 1. The van der Waals surface area contributed by atoms with E-state index < -0.39 is 28.5 Å². The molecule has 0 bridgehead atoms. The van der Waals surface area contributed by atoms with E-state index in [1.807, 2.05) is 45.0 Å². The fraction of sp³-hybridized carbons (Fsp3) is 0.310. The van der Waals surface area contributed by atoms with Crippen LogP contribution in [-0.2, 0) is 26.2 Å². The van der Waals surface area contributed by atoms with Crippen molar-refractivity contribution in [2.45, 2.75) is 51.1 Å². The lowest BCUT2D eigenvalue weighted by Crippen LogP contribution is -2.52. The minimum atomic E-state index is -4.07. The molecule has 1 N–H and O–H groups in total. The smallest absolute Gasteiger partial charge is 0.264 e. The summed E-state index contributed by atoms with van der Waals surface area (Å²) in [5.74, 6) is -0.720. The molecule has 0 saturated heterocycles. The van der Waals surface area contributed by atoms with E-state index >= 15 is 0 Å². The van der Waals surface area contributed by atoms with Crippen LogP contribution >= 0.6 is 15.9 Å². The van der Waals surface area contributed by atoms with Crippen molar-refractivity contribution in [3.8, 4) is 0 Å². The molecule has 9 heteroatoms. The Labute approximate surface area is 234 Å². The number of nitrogens with one attached hydrogen (secondary N) is 1. The summed E-state index contributed by atoms with van der Waals surface area (Å²) in [5.41, 5.74) is 2.28. The van der Waals surface area contributed by atoms with Crippen LogP contribution in [0.5, 0.6) is 0 Å². The molecule has 0 unspecified atom stereocenters. The molecular formula is C29H34BrN3O4S. The number of nitrogens with zero attached hydrogens (tertiary/aromatic N) is 2. The molecule has 3 aromatic rings. The fourth-order valence-corrected chi connectivity index (χ4v) is 5.73. The summed E-state index contributed by atoms with van der Waals surface area (Å²) in [7, 11) is -4.07. The first-order chi connectivity index (χ1) is 18.2. The summed E-state index contributed by atoms with van der Waals surface area (Å²) in [5, 5.41) is 2.89. The number of carbonyl (C=O) groups excluding carboxylic acids is 2. The van der Waals surface area contributed by atoms with E-state index in [1.165, 1.54) is 17.0 Å². The highest BCUT2D eigenvalue weighted by molar-refractivity contribution is 9.10. The maximum absolute atomic E-state index is 14.0. The number of halogens is 1. The SMILES string of the molecule is CCCNC(=O)[C@@H](CC)N(Cc1ccc(C)cc1)C(=O)CN(c1ccc(Br)cc1)S(=O)(=O)c1ccccc1. The average Bonchev–Trinajstić information content (AvgIpc) is 2.92. The van der Waals surface area contributed by atoms with Crippen LogP contribution < -0.4 is 9.62 Å². The van der Waals surface area contributed by atoms with E-state index in [2.05, 4.69) is 21.2 Å². The molecule has 0 saturated carbocycles. The summed E-state index contributed by atoms with van der Waals surface area (Å²) in [6.45, 7) is 6.00. The van der Waals surface area contributed by atoms with Gasteiger partial charge in [-0.1, -0.05) is 77.8 Å². The lowest BCUT2D eigenvalue weighted by Gasteiger charge is -2.33. The molecule has 0 aliphatic heterocycles. The zero-order valence-corrected chi connectivity index (χ0v) is 24.3. The van der Waals surface area contributed by atoms with Crippen molar-refractivity contribution in [1.29, 1.82) is 0 Å². The summed E-state index contributed by atoms with van der Waals surface area (Å²) in [6, 6.07) is 21.8. The van der Waals surface area contributed by atoms with Crippen LogP contribution in [0.2, 0.25) is 0 Å². The molecule has 3 aromatic carbocycles. The van der Waals surface area contributed by atoms with Gasteiger partial charge in [-0.25, -0.2) is 8.42 Å². The molecule has 0 spiro atoms. The van der Waals surface area contributed by atoms with E-state index in [4.69, 9.17) is 0 Å². The number of benzene rings is 3. The van der Waals surface area contributed by atoms with Gasteiger partial charge in [-0.2, -0.15) is 0 Å². The first-order valence-electron chi connectivity index (χ1n) is 12.6. The zero-order valence-electron chi connectivity index (χ0n) is 21.9. The lowest BCUT2D eigenvalue weighted by atomic mass is 10.1. The predicted octanol–water partition coefficient (Wildman–Crippen LogP) is 5.29. The normalized spacial score (nSPS) is 12.0. The molecule has 7 nitrogen and oxygen atoms in total. The van der Waals surface area contributed by atoms with Gasteiger partial charge in [0.15, 0.2) is 0 Å². The molecule has 0 aromatic heterocycles. The maximum Gasteiger partial charge on any atom is 0.264 e. The standard InChI is InChI=1S/C29H34BrN3O4S/c1-4-19-31-29(35)27(5-2)32(20-23-13-11-22(3)12-14-23)28(34)21-33(25-17-15-24(30)16-18-25)38(36,37)26-9-7-6-8-10-26/h6-18,27H,4-5,19-21H2,1-3H3,(H,31,35)/t27-/m1/s1. The lowest BCUT2D eigenvalue weighted by molar-refractivity contribution is -0.140. The first-order valence-corrected chi connectivity index (χ1v) is 14.9. The Morgan fingerprint density at radius 2 is 1.55 bits per heavy atom. The Balaban J connectivity index is 2.02. The van der Waals surface area contributed by atoms with Crippen LogP contribution in [-0.4, -0.2) is 44.3 Å². The number of aryl methyl sites for hydroxylation is 1. The van der Waals surface area contributed by atoms with E-state index in [9.17, 15) is 18.0 Å². The molecule has 202 valence electrons. The van der Waals surface area contributed by atoms with Crippen molar-refractivity contribution >= 4 is 43.5 Å². The van der Waals surface area contributed by atoms with Crippen LogP contribution in [0.4, 0.5) is 5.69 Å². The van der Waals surface area contributed by atoms with Crippen LogP contribution in [0.25, 0.3) is 0 Å². The second kappa shape index (κ2) is 13.6. The predicted molar refractivity (Wildman–Crippen MR) is 154 cm³/mol. The second-order valence-corrected chi connectivity index (χ2v) is 11.8. The molecule has 2 amide bonds. The molecule has 1 atom stereocenters. The third-order valence-corrected chi connectivity index (χ3v) is 8.45. The number of sulfonamides is 1. The van der Waals surface area contributed by atoms with Crippen molar-refractivity contribution < 1.29 is 18.0 Å². The highest BCUT2D eigenvalue weighted by Gasteiger charge is 2.33. The van der Waals surface area contributed by atoms with Crippen LogP contribution in [0.15, 0.2) is 88.2 Å². The van der Waals surface area contributed by atoms with E-state index in [-0.39, 0.29) is 17.3 Å². The van der Waals surface area contributed by atoms with Crippen LogP contribution in [0, 0.1) is 6.92 Å². The third kappa shape index (κ3) is 7.45. The summed E-state index contributed by atoms with van der Waals surface area (Å²) >= 11 is 3.38. The third-order valence-electron chi connectivity index (χ3n) is 6.13. The minimum Gasteiger partial charge on any atom is -0.354 e. The highest BCUT2D eigenvalue weighted by Crippen LogP contribution is 2.26. The fourth-order valence-electron chi connectivity index (χ4n) is 4.03. The van der Waals surface area contributed by atoms with Crippen LogP contribution in [0.1, 0.15) is 37.8 Å². The number of amides is 2. The largest absolute Gasteiger partial charge is 0.354 e. The van der Waals surface area contributed by atoms with Crippen molar-refractivity contribution in [2.24, 2.45) is 0 Å². The van der Waals surface area contributed by atoms with Gasteiger partial charge in [0.05, 0.1) is 10.6 Å². The monoisotopic (exact) mass is 599 g/mol. The van der Waals surface area contributed by atoms with Gasteiger partial charge in [0.2, 0.25) is 11.8 Å². The van der Waals surface area contributed by atoms with E-state index in [0.717, 1.165) is 26.3 Å². The number of carbonyl (C=O) groups is 2. The van der Waals surface area contributed by atoms with Gasteiger partial charge in [0.25, 0.3) is 10.0 Å². The Morgan fingerprint density at radius 1 is 0.921 bits per heavy atom. The quantitative estimate of drug-likeness (QED) is 0.306. The summed E-state index contributed by atoms with van der Waals surface area (Å²) in [6.07, 6.45) is 1.15. The zero-order chi connectivity index (χ0) is 27.7. The van der Waals surface area contributed by atoms with E-state index in [0.29, 0.717) is 18.7 Å². The van der Waals surface area contributed by atoms with Crippen LogP contribution in [0.3, 0.4) is 0 Å². The topological polar surface area (TPSA) is 86.8 Å². The molecule has 0 fully saturated rings. The van der Waals surface area contributed by atoms with Crippen molar-refractivity contribution in [1.82, 2.24) is 10.2 Å².